The lowest BCUT2D eigenvalue weighted by atomic mass is 9.92. The predicted molar refractivity (Wildman–Crippen MR) is 158 cm³/mol. The monoisotopic (exact) mass is 635 g/mol. The summed E-state index contributed by atoms with van der Waals surface area (Å²) < 4.78 is 67.6. The van der Waals surface area contributed by atoms with Gasteiger partial charge in [-0.15, -0.1) is 0 Å². The topological polar surface area (TPSA) is 136 Å². The smallest absolute Gasteiger partial charge is 0.341 e. The summed E-state index contributed by atoms with van der Waals surface area (Å²) in [4.78, 5) is 42.3. The molecule has 9 nitrogen and oxygen atoms in total. The number of H-pyrrole nitrogens is 1. The first-order valence-corrected chi connectivity index (χ1v) is 13.4. The molecule has 1 aliphatic heterocycles. The Morgan fingerprint density at radius 3 is 1.98 bits per heavy atom. The van der Waals surface area contributed by atoms with Crippen molar-refractivity contribution < 1.29 is 41.4 Å². The molecule has 0 bridgehead atoms. The molecule has 0 fully saturated rings. The van der Waals surface area contributed by atoms with Crippen molar-refractivity contribution in [1.29, 1.82) is 0 Å². The highest BCUT2D eigenvalue weighted by molar-refractivity contribution is 6.06. The number of nitrogens with one attached hydrogen (secondary N) is 4. The van der Waals surface area contributed by atoms with Crippen molar-refractivity contribution >= 4 is 29.3 Å². The van der Waals surface area contributed by atoms with Crippen molar-refractivity contribution in [2.45, 2.75) is 13.5 Å². The highest BCUT2D eigenvalue weighted by Gasteiger charge is 2.28. The number of aromatic amines is 1. The van der Waals surface area contributed by atoms with Crippen LogP contribution in [-0.4, -0.2) is 33.0 Å². The van der Waals surface area contributed by atoms with Crippen LogP contribution >= 0.6 is 0 Å². The van der Waals surface area contributed by atoms with Crippen molar-refractivity contribution in [3.63, 3.8) is 0 Å². The van der Waals surface area contributed by atoms with Crippen LogP contribution in [0.1, 0.15) is 32.0 Å². The van der Waals surface area contributed by atoms with Gasteiger partial charge in [-0.3, -0.25) is 4.79 Å². The first-order valence-electron chi connectivity index (χ1n) is 13.4. The number of aromatic carboxylic acids is 1. The van der Waals surface area contributed by atoms with E-state index in [1.54, 1.807) is 18.3 Å². The van der Waals surface area contributed by atoms with Crippen molar-refractivity contribution in [2.24, 2.45) is 0 Å². The zero-order chi connectivity index (χ0) is 33.1. The number of para-hydroxylation sites is 1. The number of aromatic nitrogens is 2. The van der Waals surface area contributed by atoms with Crippen LogP contribution in [0.5, 0.6) is 0 Å². The highest BCUT2D eigenvalue weighted by atomic mass is 19.1. The SMILES string of the molecule is Cc1cnc(-c2ccc(-c3ccc(NC(=O)Nc4c(F)cccc4F)cc3F)c3c2C(=O)NC3)[nH]1.O=C(O)c1c(F)cccc1F. The Hall–Kier alpha value is -6.05. The molecule has 5 N–H and O–H groups in total. The van der Waals surface area contributed by atoms with E-state index in [1.165, 1.54) is 18.2 Å². The number of carboxylic acids is 1. The summed E-state index contributed by atoms with van der Waals surface area (Å²) >= 11 is 0. The van der Waals surface area contributed by atoms with Crippen LogP contribution in [0.25, 0.3) is 22.5 Å². The largest absolute Gasteiger partial charge is 0.477 e. The van der Waals surface area contributed by atoms with E-state index in [2.05, 4.69) is 25.9 Å². The van der Waals surface area contributed by atoms with Crippen LogP contribution in [0.4, 0.5) is 38.1 Å². The van der Waals surface area contributed by atoms with E-state index in [0.717, 1.165) is 42.1 Å². The van der Waals surface area contributed by atoms with E-state index in [9.17, 15) is 31.9 Å². The molecule has 0 atom stereocenters. The molecule has 1 aliphatic rings. The number of aryl methyl sites for hydroxylation is 1. The summed E-state index contributed by atoms with van der Waals surface area (Å²) in [5, 5.41) is 15.5. The predicted octanol–water partition coefficient (Wildman–Crippen LogP) is 7.02. The maximum absolute atomic E-state index is 15.1. The number of rotatable bonds is 5. The molecule has 0 radical (unpaired) electrons. The molecule has 0 saturated heterocycles. The second kappa shape index (κ2) is 12.9. The minimum absolute atomic E-state index is 0.0778. The molecule has 0 saturated carbocycles. The molecule has 1 aromatic heterocycles. The van der Waals surface area contributed by atoms with Gasteiger partial charge in [0.05, 0.1) is 5.56 Å². The summed E-state index contributed by atoms with van der Waals surface area (Å²) in [6.07, 6.45) is 1.66. The van der Waals surface area contributed by atoms with Gasteiger partial charge in [-0.2, -0.15) is 0 Å². The fraction of sp³-hybridized carbons (Fsp3) is 0.0625. The van der Waals surface area contributed by atoms with E-state index < -0.39 is 52.3 Å². The summed E-state index contributed by atoms with van der Waals surface area (Å²) in [6.45, 7) is 2.08. The van der Waals surface area contributed by atoms with Gasteiger partial charge in [0, 0.05) is 35.2 Å². The number of urea groups is 1. The zero-order valence-corrected chi connectivity index (χ0v) is 23.6. The van der Waals surface area contributed by atoms with Gasteiger partial charge in [-0.25, -0.2) is 36.5 Å². The van der Waals surface area contributed by atoms with E-state index in [-0.39, 0.29) is 23.7 Å². The fourth-order valence-electron chi connectivity index (χ4n) is 4.75. The Kier molecular flexibility index (Phi) is 8.80. The van der Waals surface area contributed by atoms with Crippen LogP contribution in [-0.2, 0) is 6.54 Å². The molecule has 6 rings (SSSR count). The van der Waals surface area contributed by atoms with Crippen LogP contribution in [0, 0.1) is 36.0 Å². The number of nitrogens with zero attached hydrogens (tertiary/aromatic N) is 1. The van der Waals surface area contributed by atoms with Gasteiger partial charge in [-0.1, -0.05) is 18.2 Å². The van der Waals surface area contributed by atoms with Crippen LogP contribution in [0.15, 0.2) is 72.9 Å². The third-order valence-electron chi connectivity index (χ3n) is 6.82. The summed E-state index contributed by atoms with van der Waals surface area (Å²) in [6, 6.07) is 12.6. The van der Waals surface area contributed by atoms with E-state index >= 15 is 4.39 Å². The number of halogens is 5. The Labute approximate surface area is 257 Å². The van der Waals surface area contributed by atoms with Crippen molar-refractivity contribution in [3.8, 4) is 22.5 Å². The first kappa shape index (κ1) is 31.4. The number of imidazole rings is 1. The molecular weight excluding hydrogens is 613 g/mol. The number of hydrogen-bond donors (Lipinski definition) is 5. The molecule has 234 valence electrons. The maximum atomic E-state index is 15.1. The van der Waals surface area contributed by atoms with Crippen LogP contribution < -0.4 is 16.0 Å². The minimum atomic E-state index is -1.60. The fourth-order valence-corrected chi connectivity index (χ4v) is 4.75. The van der Waals surface area contributed by atoms with Gasteiger partial charge in [0.15, 0.2) is 0 Å². The van der Waals surface area contributed by atoms with E-state index in [4.69, 9.17) is 5.11 Å². The molecule has 4 aromatic carbocycles. The molecule has 14 heteroatoms. The van der Waals surface area contributed by atoms with Gasteiger partial charge in [0.2, 0.25) is 0 Å². The third-order valence-corrected chi connectivity index (χ3v) is 6.82. The molecule has 46 heavy (non-hydrogen) atoms. The van der Waals surface area contributed by atoms with Gasteiger partial charge in [0.1, 0.15) is 46.2 Å². The first-order chi connectivity index (χ1) is 21.9. The number of carbonyl (C=O) groups excluding carboxylic acids is 2. The molecule has 0 unspecified atom stereocenters. The van der Waals surface area contributed by atoms with Crippen molar-refractivity contribution in [3.05, 3.63) is 124 Å². The van der Waals surface area contributed by atoms with Gasteiger partial charge >= 0.3 is 12.0 Å². The third kappa shape index (κ3) is 6.40. The van der Waals surface area contributed by atoms with Crippen LogP contribution in [0.2, 0.25) is 0 Å². The number of anilines is 2. The number of amides is 3. The van der Waals surface area contributed by atoms with Crippen molar-refractivity contribution in [2.75, 3.05) is 10.6 Å². The summed E-state index contributed by atoms with van der Waals surface area (Å²) in [5.41, 5.74) is 1.81. The second-order valence-electron chi connectivity index (χ2n) is 9.88. The molecule has 0 aliphatic carbocycles. The van der Waals surface area contributed by atoms with E-state index in [1.807, 2.05) is 6.92 Å². The molecule has 5 aromatic rings. The average molecular weight is 636 g/mol. The number of carbonyl (C=O) groups is 3. The van der Waals surface area contributed by atoms with Gasteiger partial charge in [-0.05, 0) is 66.6 Å². The lowest BCUT2D eigenvalue weighted by Crippen LogP contribution is -2.21. The van der Waals surface area contributed by atoms with E-state index in [0.29, 0.717) is 28.1 Å². The van der Waals surface area contributed by atoms with Crippen molar-refractivity contribution in [1.82, 2.24) is 15.3 Å². The summed E-state index contributed by atoms with van der Waals surface area (Å²) in [7, 11) is 0. The molecular formula is C32H22F5N5O4. The second-order valence-corrected chi connectivity index (χ2v) is 9.88. The van der Waals surface area contributed by atoms with Gasteiger partial charge < -0.3 is 26.0 Å². The lowest BCUT2D eigenvalue weighted by Gasteiger charge is -2.13. The minimum Gasteiger partial charge on any atom is -0.477 e. The highest BCUT2D eigenvalue weighted by Crippen LogP contribution is 2.37. The molecule has 0 spiro atoms. The van der Waals surface area contributed by atoms with Crippen LogP contribution in [0.3, 0.4) is 0 Å². The Morgan fingerprint density at radius 2 is 1.41 bits per heavy atom. The number of carboxylic acid groups (broad SMARTS) is 1. The number of hydrogen-bond acceptors (Lipinski definition) is 4. The normalized spacial score (nSPS) is 11.7. The summed E-state index contributed by atoms with van der Waals surface area (Å²) in [5.74, 6) is -5.97. The van der Waals surface area contributed by atoms with Gasteiger partial charge in [0.25, 0.3) is 5.91 Å². The Balaban J connectivity index is 0.000000322. The zero-order valence-electron chi connectivity index (χ0n) is 23.6. The molecule has 2 heterocycles. The number of benzene rings is 4. The molecule has 3 amide bonds. The Morgan fingerprint density at radius 1 is 0.804 bits per heavy atom. The Bertz CT molecular complexity index is 1970. The quantitative estimate of drug-likeness (QED) is 0.132. The lowest BCUT2D eigenvalue weighted by molar-refractivity contribution is 0.0686. The standard InChI is InChI=1S/C25H18F3N5O2.C7H4F2O2/c1-12-10-29-23(31-12)16-8-7-14(17-11-30-24(34)21(16)17)15-6-5-13(9-20(15)28)32-25(35)33-22-18(26)3-2-4-19(22)27;8-4-2-1-3-5(9)6(4)7(10)11/h2-10H,11H2,1H3,(H,29,31)(H,30,34)(H2,32,33,35);1-3H,(H,10,11). The number of fused-ring (bicyclic) bond motifs is 1. The maximum Gasteiger partial charge on any atom is 0.341 e. The average Bonchev–Trinajstić information content (AvgIpc) is 3.61.